The van der Waals surface area contributed by atoms with Gasteiger partial charge in [0.25, 0.3) is 0 Å². The van der Waals surface area contributed by atoms with Gasteiger partial charge in [-0.1, -0.05) is 13.8 Å². The molecule has 94 valence electrons. The largest absolute Gasteiger partial charge is 0.377 e. The molecule has 0 aliphatic carbocycles. The number of hydrogen-bond donors (Lipinski definition) is 0. The number of nitrogens with zero attached hydrogens (tertiary/aromatic N) is 1. The molecule has 2 unspecified atom stereocenters. The van der Waals surface area contributed by atoms with E-state index in [9.17, 15) is 4.79 Å². The quantitative estimate of drug-likeness (QED) is 0.674. The third-order valence-corrected chi connectivity index (χ3v) is 3.26. The summed E-state index contributed by atoms with van der Waals surface area (Å²) in [4.78, 5) is 14.2. The third kappa shape index (κ3) is 3.36. The molecule has 16 heavy (non-hydrogen) atoms. The van der Waals surface area contributed by atoms with Gasteiger partial charge < -0.3 is 9.64 Å². The van der Waals surface area contributed by atoms with E-state index in [0.717, 1.165) is 32.4 Å². The Bertz CT molecular complexity index is 217. The molecule has 0 aromatic rings. The van der Waals surface area contributed by atoms with Crippen LogP contribution in [-0.2, 0) is 9.53 Å². The monoisotopic (exact) mass is 247 g/mol. The molecule has 0 aromatic heterocycles. The lowest BCUT2D eigenvalue weighted by molar-refractivity contribution is -0.137. The molecule has 4 heteroatoms. The molecule has 1 rings (SSSR count). The summed E-state index contributed by atoms with van der Waals surface area (Å²) in [6, 6.07) is 0. The molecule has 1 fully saturated rings. The topological polar surface area (TPSA) is 29.5 Å². The van der Waals surface area contributed by atoms with Gasteiger partial charge in [-0.05, 0) is 19.3 Å². The highest BCUT2D eigenvalue weighted by Gasteiger charge is 2.34. The smallest absolute Gasteiger partial charge is 0.228 e. The minimum absolute atomic E-state index is 0.0553. The van der Waals surface area contributed by atoms with E-state index < -0.39 is 0 Å². The predicted octanol–water partition coefficient (Wildman–Crippen LogP) is 2.28. The number of rotatable bonds is 6. The number of hydrogen-bond acceptors (Lipinski definition) is 2. The van der Waals surface area contributed by atoms with Crippen molar-refractivity contribution in [3.63, 3.8) is 0 Å². The highest BCUT2D eigenvalue weighted by atomic mass is 35.5. The number of carbonyl (C=O) groups is 1. The standard InChI is InChI=1S/C12H22ClNO2/c1-3-7-14(8-6-13)12(15)10-5-9-16-11(10)4-2/h10-11H,3-9H2,1-2H3. The van der Waals surface area contributed by atoms with Crippen LogP contribution >= 0.6 is 11.6 Å². The van der Waals surface area contributed by atoms with Crippen molar-refractivity contribution in [2.24, 2.45) is 5.92 Å². The molecule has 1 amide bonds. The summed E-state index contributed by atoms with van der Waals surface area (Å²) in [5.74, 6) is 0.794. The Hall–Kier alpha value is -0.280. The Labute approximate surface area is 103 Å². The van der Waals surface area contributed by atoms with E-state index >= 15 is 0 Å². The molecule has 1 saturated heterocycles. The van der Waals surface area contributed by atoms with Gasteiger partial charge in [-0.3, -0.25) is 4.79 Å². The lowest BCUT2D eigenvalue weighted by Gasteiger charge is -2.26. The fraction of sp³-hybridized carbons (Fsp3) is 0.917. The van der Waals surface area contributed by atoms with Crippen molar-refractivity contribution in [1.29, 1.82) is 0 Å². The molecular formula is C12H22ClNO2. The zero-order valence-electron chi connectivity index (χ0n) is 10.2. The zero-order chi connectivity index (χ0) is 12.0. The van der Waals surface area contributed by atoms with Gasteiger partial charge in [-0.25, -0.2) is 0 Å². The minimum Gasteiger partial charge on any atom is -0.377 e. The van der Waals surface area contributed by atoms with Crippen LogP contribution in [0.4, 0.5) is 0 Å². The van der Waals surface area contributed by atoms with Crippen molar-refractivity contribution in [1.82, 2.24) is 4.90 Å². The Morgan fingerprint density at radius 1 is 1.44 bits per heavy atom. The average molecular weight is 248 g/mol. The molecule has 1 aliphatic heterocycles. The van der Waals surface area contributed by atoms with Gasteiger partial charge in [-0.15, -0.1) is 11.6 Å². The zero-order valence-corrected chi connectivity index (χ0v) is 11.0. The van der Waals surface area contributed by atoms with Gasteiger partial charge in [0, 0.05) is 25.6 Å². The van der Waals surface area contributed by atoms with Crippen LogP contribution < -0.4 is 0 Å². The van der Waals surface area contributed by atoms with Gasteiger partial charge in [0.2, 0.25) is 5.91 Å². The van der Waals surface area contributed by atoms with E-state index in [0.29, 0.717) is 12.4 Å². The number of carbonyl (C=O) groups excluding carboxylic acids is 1. The van der Waals surface area contributed by atoms with Crippen molar-refractivity contribution in [3.05, 3.63) is 0 Å². The molecule has 0 aromatic carbocycles. The highest BCUT2D eigenvalue weighted by Crippen LogP contribution is 2.25. The first kappa shape index (κ1) is 13.8. The molecule has 0 saturated carbocycles. The molecule has 1 heterocycles. The molecule has 2 atom stereocenters. The van der Waals surface area contributed by atoms with Crippen LogP contribution in [0, 0.1) is 5.92 Å². The summed E-state index contributed by atoms with van der Waals surface area (Å²) in [5, 5.41) is 0. The van der Waals surface area contributed by atoms with E-state index in [2.05, 4.69) is 13.8 Å². The molecule has 3 nitrogen and oxygen atoms in total. The lowest BCUT2D eigenvalue weighted by Crippen LogP contribution is -2.40. The maximum atomic E-state index is 12.3. The number of halogens is 1. The summed E-state index contributed by atoms with van der Waals surface area (Å²) >= 11 is 5.73. The maximum absolute atomic E-state index is 12.3. The summed E-state index contributed by atoms with van der Waals surface area (Å²) in [7, 11) is 0. The van der Waals surface area contributed by atoms with E-state index in [1.165, 1.54) is 0 Å². The summed E-state index contributed by atoms with van der Waals surface area (Å²) in [6.45, 7) is 6.33. The highest BCUT2D eigenvalue weighted by molar-refractivity contribution is 6.18. The van der Waals surface area contributed by atoms with Crippen LogP contribution in [0.25, 0.3) is 0 Å². The first-order chi connectivity index (χ1) is 7.74. The second-order valence-electron chi connectivity index (χ2n) is 4.23. The molecule has 1 aliphatic rings. The van der Waals surface area contributed by atoms with E-state index in [-0.39, 0.29) is 17.9 Å². The van der Waals surface area contributed by atoms with E-state index in [1.54, 1.807) is 0 Å². The van der Waals surface area contributed by atoms with Gasteiger partial charge >= 0.3 is 0 Å². The maximum Gasteiger partial charge on any atom is 0.228 e. The molecule has 0 N–H and O–H groups in total. The molecule has 0 bridgehead atoms. The Morgan fingerprint density at radius 3 is 2.75 bits per heavy atom. The predicted molar refractivity (Wildman–Crippen MR) is 65.7 cm³/mol. The second kappa shape index (κ2) is 7.13. The normalized spacial score (nSPS) is 24.7. The minimum atomic E-state index is 0.0553. The van der Waals surface area contributed by atoms with Gasteiger partial charge in [0.05, 0.1) is 12.0 Å². The second-order valence-corrected chi connectivity index (χ2v) is 4.60. The van der Waals surface area contributed by atoms with Gasteiger partial charge in [0.1, 0.15) is 0 Å². The fourth-order valence-electron chi connectivity index (χ4n) is 2.27. The molecule has 0 spiro atoms. The van der Waals surface area contributed by atoms with Crippen LogP contribution in [0.2, 0.25) is 0 Å². The van der Waals surface area contributed by atoms with Crippen molar-refractivity contribution >= 4 is 17.5 Å². The van der Waals surface area contributed by atoms with Crippen LogP contribution in [-0.4, -0.2) is 42.5 Å². The Balaban J connectivity index is 2.58. The number of amides is 1. The van der Waals surface area contributed by atoms with E-state index in [4.69, 9.17) is 16.3 Å². The van der Waals surface area contributed by atoms with Crippen LogP contribution in [0.15, 0.2) is 0 Å². The first-order valence-electron chi connectivity index (χ1n) is 6.20. The average Bonchev–Trinajstić information content (AvgIpc) is 2.75. The molecular weight excluding hydrogens is 226 g/mol. The summed E-state index contributed by atoms with van der Waals surface area (Å²) < 4.78 is 5.56. The van der Waals surface area contributed by atoms with E-state index in [1.807, 2.05) is 4.90 Å². The van der Waals surface area contributed by atoms with Crippen molar-refractivity contribution in [2.75, 3.05) is 25.6 Å². The van der Waals surface area contributed by atoms with Crippen LogP contribution in [0.3, 0.4) is 0 Å². The molecule has 0 radical (unpaired) electrons. The Kier molecular flexibility index (Phi) is 6.14. The summed E-state index contributed by atoms with van der Waals surface area (Å²) in [6.07, 6.45) is 2.87. The van der Waals surface area contributed by atoms with Crippen LogP contribution in [0.5, 0.6) is 0 Å². The SMILES string of the molecule is CCCN(CCCl)C(=O)C1CCOC1CC. The summed E-state index contributed by atoms with van der Waals surface area (Å²) in [5.41, 5.74) is 0. The van der Waals surface area contributed by atoms with Crippen molar-refractivity contribution < 1.29 is 9.53 Å². The van der Waals surface area contributed by atoms with Gasteiger partial charge in [0.15, 0.2) is 0 Å². The fourth-order valence-corrected chi connectivity index (χ4v) is 2.48. The lowest BCUT2D eigenvalue weighted by atomic mass is 9.98. The number of ether oxygens (including phenoxy) is 1. The van der Waals surface area contributed by atoms with Gasteiger partial charge in [-0.2, -0.15) is 0 Å². The number of alkyl halides is 1. The van der Waals surface area contributed by atoms with Crippen molar-refractivity contribution in [2.45, 2.75) is 39.2 Å². The Morgan fingerprint density at radius 2 is 2.19 bits per heavy atom. The van der Waals surface area contributed by atoms with Crippen LogP contribution in [0.1, 0.15) is 33.1 Å². The van der Waals surface area contributed by atoms with Crippen molar-refractivity contribution in [3.8, 4) is 0 Å². The third-order valence-electron chi connectivity index (χ3n) is 3.09. The first-order valence-corrected chi connectivity index (χ1v) is 6.74.